The van der Waals surface area contributed by atoms with Crippen molar-refractivity contribution in [1.82, 2.24) is 15.6 Å². The maximum absolute atomic E-state index is 11.9. The van der Waals surface area contributed by atoms with Gasteiger partial charge >= 0.3 is 6.09 Å². The molecule has 1 aliphatic rings. The van der Waals surface area contributed by atoms with Gasteiger partial charge in [0.2, 0.25) is 0 Å². The normalized spacial score (nSPS) is 23.1. The second-order valence-corrected chi connectivity index (χ2v) is 6.96. The lowest BCUT2D eigenvalue weighted by atomic mass is 10.1. The van der Waals surface area contributed by atoms with Gasteiger partial charge in [0.1, 0.15) is 5.60 Å². The molecule has 1 saturated carbocycles. The molecule has 0 radical (unpaired) electrons. The van der Waals surface area contributed by atoms with Gasteiger partial charge in [-0.15, -0.1) is 0 Å². The van der Waals surface area contributed by atoms with Crippen LogP contribution in [0.4, 0.5) is 4.79 Å². The van der Waals surface area contributed by atoms with E-state index in [0.29, 0.717) is 0 Å². The van der Waals surface area contributed by atoms with Crippen LogP contribution in [0.1, 0.15) is 58.6 Å². The lowest BCUT2D eigenvalue weighted by molar-refractivity contribution is 0.0497. The largest absolute Gasteiger partial charge is 0.444 e. The Morgan fingerprint density at radius 1 is 1.27 bits per heavy atom. The van der Waals surface area contributed by atoms with Gasteiger partial charge in [-0.2, -0.15) is 0 Å². The zero-order valence-electron chi connectivity index (χ0n) is 13.9. The zero-order valence-corrected chi connectivity index (χ0v) is 13.9. The molecule has 1 heterocycles. The van der Waals surface area contributed by atoms with Gasteiger partial charge in [0.05, 0.1) is 0 Å². The molecule has 5 nitrogen and oxygen atoms in total. The third-order valence-electron chi connectivity index (χ3n) is 3.89. The molecule has 1 amide bonds. The third kappa shape index (κ3) is 4.98. The molecule has 3 unspecified atom stereocenters. The van der Waals surface area contributed by atoms with Crippen molar-refractivity contribution in [2.75, 3.05) is 0 Å². The number of aromatic nitrogens is 1. The summed E-state index contributed by atoms with van der Waals surface area (Å²) >= 11 is 0. The molecule has 0 spiro atoms. The van der Waals surface area contributed by atoms with Crippen LogP contribution in [0.2, 0.25) is 0 Å². The summed E-state index contributed by atoms with van der Waals surface area (Å²) in [5, 5.41) is 6.62. The van der Waals surface area contributed by atoms with Crippen molar-refractivity contribution in [2.24, 2.45) is 0 Å². The first kappa shape index (κ1) is 16.7. The van der Waals surface area contributed by atoms with Gasteiger partial charge < -0.3 is 15.4 Å². The van der Waals surface area contributed by atoms with Crippen molar-refractivity contribution in [3.05, 3.63) is 30.1 Å². The van der Waals surface area contributed by atoms with E-state index in [2.05, 4.69) is 22.5 Å². The highest BCUT2D eigenvalue weighted by Crippen LogP contribution is 2.23. The minimum Gasteiger partial charge on any atom is -0.444 e. The lowest BCUT2D eigenvalue weighted by Crippen LogP contribution is -2.48. The van der Waals surface area contributed by atoms with Gasteiger partial charge in [-0.25, -0.2) is 4.79 Å². The number of carbonyl (C=O) groups is 1. The molecule has 1 aliphatic carbocycles. The quantitative estimate of drug-likeness (QED) is 0.897. The molecule has 0 bridgehead atoms. The Hall–Kier alpha value is -1.62. The van der Waals surface area contributed by atoms with E-state index in [0.717, 1.165) is 19.3 Å². The van der Waals surface area contributed by atoms with E-state index < -0.39 is 5.60 Å². The van der Waals surface area contributed by atoms with Crippen LogP contribution in [0.15, 0.2) is 24.5 Å². The maximum Gasteiger partial charge on any atom is 0.407 e. The number of ether oxygens (including phenoxy) is 1. The summed E-state index contributed by atoms with van der Waals surface area (Å²) in [6.07, 6.45) is 6.44. The second kappa shape index (κ2) is 7.09. The number of alkyl carbamates (subject to hydrolysis) is 1. The summed E-state index contributed by atoms with van der Waals surface area (Å²) in [7, 11) is 0. The molecule has 1 aromatic heterocycles. The zero-order chi connectivity index (χ0) is 16.2. The van der Waals surface area contributed by atoms with Crippen LogP contribution >= 0.6 is 0 Å². The summed E-state index contributed by atoms with van der Waals surface area (Å²) < 4.78 is 5.35. The summed E-state index contributed by atoms with van der Waals surface area (Å²) in [5.41, 5.74) is 0.744. The molecule has 5 heteroatoms. The van der Waals surface area contributed by atoms with Gasteiger partial charge in [0.25, 0.3) is 0 Å². The Labute approximate surface area is 132 Å². The van der Waals surface area contributed by atoms with Crippen molar-refractivity contribution in [1.29, 1.82) is 0 Å². The predicted molar refractivity (Wildman–Crippen MR) is 86.6 cm³/mol. The van der Waals surface area contributed by atoms with Crippen LogP contribution < -0.4 is 10.6 Å². The molecule has 1 aromatic rings. The molecule has 2 N–H and O–H groups in total. The Bertz CT molecular complexity index is 484. The number of amides is 1. The fourth-order valence-electron chi connectivity index (χ4n) is 2.86. The van der Waals surface area contributed by atoms with Crippen molar-refractivity contribution in [2.45, 2.75) is 70.7 Å². The molecule has 2 rings (SSSR count). The molecule has 0 aliphatic heterocycles. The van der Waals surface area contributed by atoms with Crippen LogP contribution in [0, 0.1) is 0 Å². The number of hydrogen-bond acceptors (Lipinski definition) is 4. The summed E-state index contributed by atoms with van der Waals surface area (Å²) in [6.45, 7) is 7.77. The van der Waals surface area contributed by atoms with Crippen LogP contribution in [-0.4, -0.2) is 28.8 Å². The summed E-state index contributed by atoms with van der Waals surface area (Å²) in [5.74, 6) is 0. The molecule has 0 aromatic carbocycles. The van der Waals surface area contributed by atoms with Crippen molar-refractivity contribution >= 4 is 6.09 Å². The fraction of sp³-hybridized carbons (Fsp3) is 0.647. The number of nitrogens with one attached hydrogen (secondary N) is 2. The second-order valence-electron chi connectivity index (χ2n) is 6.96. The van der Waals surface area contributed by atoms with Gasteiger partial charge in [0, 0.05) is 30.5 Å². The Kier molecular flexibility index (Phi) is 5.40. The third-order valence-corrected chi connectivity index (χ3v) is 3.89. The highest BCUT2D eigenvalue weighted by atomic mass is 16.6. The molecule has 22 heavy (non-hydrogen) atoms. The minimum atomic E-state index is -0.462. The van der Waals surface area contributed by atoms with E-state index >= 15 is 0 Å². The number of carbonyl (C=O) groups excluding carboxylic acids is 1. The first-order chi connectivity index (χ1) is 10.3. The average Bonchev–Trinajstić information content (AvgIpc) is 2.84. The van der Waals surface area contributed by atoms with E-state index in [-0.39, 0.29) is 24.2 Å². The molecule has 122 valence electrons. The molecule has 3 atom stereocenters. The molecule has 0 saturated heterocycles. The number of hydrogen-bond donors (Lipinski definition) is 2. The van der Waals surface area contributed by atoms with Gasteiger partial charge in [-0.05, 0) is 64.7 Å². The molecule has 1 fully saturated rings. The van der Waals surface area contributed by atoms with Gasteiger partial charge in [0.15, 0.2) is 0 Å². The van der Waals surface area contributed by atoms with E-state index in [1.165, 1.54) is 5.56 Å². The van der Waals surface area contributed by atoms with Crippen LogP contribution in [0.5, 0.6) is 0 Å². The van der Waals surface area contributed by atoms with Crippen molar-refractivity contribution in [3.8, 4) is 0 Å². The first-order valence-corrected chi connectivity index (χ1v) is 8.00. The minimum absolute atomic E-state index is 0.124. The van der Waals surface area contributed by atoms with E-state index in [9.17, 15) is 4.79 Å². The number of rotatable bonds is 4. The van der Waals surface area contributed by atoms with Crippen LogP contribution in [0.25, 0.3) is 0 Å². The number of pyridine rings is 1. The Morgan fingerprint density at radius 2 is 1.91 bits per heavy atom. The number of nitrogens with zero attached hydrogens (tertiary/aromatic N) is 1. The lowest BCUT2D eigenvalue weighted by Gasteiger charge is -2.27. The van der Waals surface area contributed by atoms with Gasteiger partial charge in [-0.1, -0.05) is 0 Å². The highest BCUT2D eigenvalue weighted by Gasteiger charge is 2.31. The molecular weight excluding hydrogens is 278 g/mol. The fourth-order valence-corrected chi connectivity index (χ4v) is 2.86. The summed E-state index contributed by atoms with van der Waals surface area (Å²) in [6, 6.07) is 4.66. The van der Waals surface area contributed by atoms with E-state index in [1.54, 1.807) is 12.4 Å². The van der Waals surface area contributed by atoms with Crippen LogP contribution in [0.3, 0.4) is 0 Å². The van der Waals surface area contributed by atoms with Gasteiger partial charge in [-0.3, -0.25) is 4.98 Å². The SMILES string of the molecule is CC(NC1CCCC1NC(=O)OC(C)(C)C)c1ccncc1. The Morgan fingerprint density at radius 3 is 2.55 bits per heavy atom. The predicted octanol–water partition coefficient (Wildman–Crippen LogP) is 3.18. The van der Waals surface area contributed by atoms with E-state index in [1.807, 2.05) is 32.9 Å². The maximum atomic E-state index is 11.9. The summed E-state index contributed by atoms with van der Waals surface area (Å²) in [4.78, 5) is 16.0. The van der Waals surface area contributed by atoms with Crippen molar-refractivity contribution < 1.29 is 9.53 Å². The van der Waals surface area contributed by atoms with Crippen LogP contribution in [-0.2, 0) is 4.74 Å². The Balaban J connectivity index is 1.89. The standard InChI is InChI=1S/C17H27N3O2/c1-12(13-8-10-18-11-9-13)19-14-6-5-7-15(14)20-16(21)22-17(2,3)4/h8-12,14-15,19H,5-7H2,1-4H3,(H,20,21). The molecular formula is C17H27N3O2. The first-order valence-electron chi connectivity index (χ1n) is 8.00. The monoisotopic (exact) mass is 305 g/mol. The average molecular weight is 305 g/mol. The topological polar surface area (TPSA) is 63.2 Å². The smallest absolute Gasteiger partial charge is 0.407 e. The highest BCUT2D eigenvalue weighted by molar-refractivity contribution is 5.68. The van der Waals surface area contributed by atoms with E-state index in [4.69, 9.17) is 4.74 Å². The van der Waals surface area contributed by atoms with Crippen molar-refractivity contribution in [3.63, 3.8) is 0 Å².